The number of hydrogen-bond acceptors (Lipinski definition) is 6. The van der Waals surface area contributed by atoms with Crippen LogP contribution in [0.4, 0.5) is 6.01 Å². The molecule has 0 spiro atoms. The summed E-state index contributed by atoms with van der Waals surface area (Å²) in [5.41, 5.74) is 3.48. The number of fused-ring (bicyclic) bond motifs is 1. The molecular weight excluding hydrogens is 404 g/mol. The molecule has 1 N–H and O–H groups in total. The van der Waals surface area contributed by atoms with Crippen LogP contribution in [-0.4, -0.2) is 36.2 Å². The smallest absolute Gasteiger partial charge is 0.324 e. The van der Waals surface area contributed by atoms with Gasteiger partial charge in [0.2, 0.25) is 11.7 Å². The van der Waals surface area contributed by atoms with Crippen molar-refractivity contribution < 1.29 is 14.1 Å². The number of anilines is 1. The fraction of sp³-hybridized carbons (Fsp3) is 0.400. The van der Waals surface area contributed by atoms with E-state index in [1.165, 1.54) is 11.1 Å². The zero-order valence-corrected chi connectivity index (χ0v) is 18.3. The van der Waals surface area contributed by atoms with Gasteiger partial charge in [0.25, 0.3) is 0 Å². The number of rotatable bonds is 5. The number of piperidine rings is 1. The first-order valence-corrected chi connectivity index (χ1v) is 11.3. The molecule has 7 heteroatoms. The van der Waals surface area contributed by atoms with Crippen LogP contribution in [0.15, 0.2) is 53.1 Å². The Bertz CT molecular complexity index is 1080. The minimum absolute atomic E-state index is 0.0887. The highest BCUT2D eigenvalue weighted by atomic mass is 16.5. The molecule has 7 nitrogen and oxygen atoms in total. The molecular formula is C25H28N4O3. The lowest BCUT2D eigenvalue weighted by Gasteiger charge is -2.33. The predicted octanol–water partition coefficient (Wildman–Crippen LogP) is 4.16. The molecule has 0 radical (unpaired) electrons. The Morgan fingerprint density at radius 1 is 1.12 bits per heavy atom. The van der Waals surface area contributed by atoms with Gasteiger partial charge in [0.1, 0.15) is 5.75 Å². The lowest BCUT2D eigenvalue weighted by Crippen LogP contribution is -2.44. The largest absolute Gasteiger partial charge is 0.497 e. The molecule has 1 aromatic heterocycles. The summed E-state index contributed by atoms with van der Waals surface area (Å²) in [5, 5.41) is 7.45. The number of carbonyl (C=O) groups excluding carboxylic acids is 1. The van der Waals surface area contributed by atoms with E-state index in [-0.39, 0.29) is 17.9 Å². The van der Waals surface area contributed by atoms with Crippen LogP contribution < -0.4 is 15.0 Å². The summed E-state index contributed by atoms with van der Waals surface area (Å²) in [6, 6.07) is 16.6. The molecule has 5 rings (SSSR count). The predicted molar refractivity (Wildman–Crippen MR) is 121 cm³/mol. The number of amides is 1. The summed E-state index contributed by atoms with van der Waals surface area (Å²) in [4.78, 5) is 19.7. The number of nitrogens with zero attached hydrogens (tertiary/aromatic N) is 3. The number of aryl methyl sites for hydroxylation is 1. The van der Waals surface area contributed by atoms with Crippen molar-refractivity contribution in [1.82, 2.24) is 15.5 Å². The molecule has 2 aliphatic rings. The van der Waals surface area contributed by atoms with Crippen molar-refractivity contribution in [2.45, 2.75) is 38.1 Å². The van der Waals surface area contributed by atoms with Crippen LogP contribution in [0.3, 0.4) is 0 Å². The summed E-state index contributed by atoms with van der Waals surface area (Å²) < 4.78 is 10.7. The molecule has 1 aliphatic carbocycles. The molecule has 1 fully saturated rings. The van der Waals surface area contributed by atoms with E-state index in [9.17, 15) is 4.79 Å². The molecule has 32 heavy (non-hydrogen) atoms. The fourth-order valence-electron chi connectivity index (χ4n) is 4.76. The summed E-state index contributed by atoms with van der Waals surface area (Å²) in [7, 11) is 1.64. The molecule has 0 unspecified atom stereocenters. The van der Waals surface area contributed by atoms with Crippen LogP contribution in [0.25, 0.3) is 11.4 Å². The highest BCUT2D eigenvalue weighted by molar-refractivity contribution is 5.80. The maximum Gasteiger partial charge on any atom is 0.324 e. The average Bonchev–Trinajstić information content (AvgIpc) is 3.35. The van der Waals surface area contributed by atoms with E-state index in [2.05, 4.69) is 39.7 Å². The minimum atomic E-state index is -0.0887. The number of aromatic nitrogens is 2. The van der Waals surface area contributed by atoms with Gasteiger partial charge in [-0.2, -0.15) is 4.98 Å². The molecule has 166 valence electrons. The third kappa shape index (κ3) is 4.20. The van der Waals surface area contributed by atoms with Crippen LogP contribution in [0.1, 0.15) is 42.9 Å². The van der Waals surface area contributed by atoms with E-state index in [0.717, 1.165) is 50.0 Å². The van der Waals surface area contributed by atoms with E-state index in [1.807, 2.05) is 29.2 Å². The van der Waals surface area contributed by atoms with Crippen LogP contribution in [-0.2, 0) is 11.2 Å². The number of methoxy groups -OCH3 is 1. The lowest BCUT2D eigenvalue weighted by atomic mass is 9.87. The van der Waals surface area contributed by atoms with Crippen LogP contribution >= 0.6 is 0 Å². The third-order valence-electron chi connectivity index (χ3n) is 6.51. The van der Waals surface area contributed by atoms with Gasteiger partial charge in [-0.25, -0.2) is 0 Å². The summed E-state index contributed by atoms with van der Waals surface area (Å²) in [6.07, 6.45) is 4.98. The van der Waals surface area contributed by atoms with Crippen LogP contribution in [0.5, 0.6) is 5.75 Å². The number of hydrogen-bond donors (Lipinski definition) is 1. The zero-order chi connectivity index (χ0) is 21.9. The van der Waals surface area contributed by atoms with E-state index < -0.39 is 0 Å². The van der Waals surface area contributed by atoms with Gasteiger partial charge in [-0.3, -0.25) is 4.79 Å². The minimum Gasteiger partial charge on any atom is -0.497 e. The van der Waals surface area contributed by atoms with Gasteiger partial charge in [-0.15, -0.1) is 0 Å². The molecule has 1 saturated heterocycles. The quantitative estimate of drug-likeness (QED) is 0.652. The standard InChI is InChI=1S/C25H28N4O3/c1-31-20-13-11-18(12-14-20)23-27-25(32-28-23)29-15-5-8-19(16-29)24(30)26-22-10-4-7-17-6-2-3-9-21(17)22/h2-3,6,9,11-14,19,22H,4-5,7-8,10,15-16H2,1H3,(H,26,30)/t19-,22-/m1/s1. The molecule has 3 aromatic rings. The normalized spacial score (nSPS) is 20.5. The number of nitrogens with one attached hydrogen (secondary N) is 1. The van der Waals surface area contributed by atoms with E-state index in [1.54, 1.807) is 7.11 Å². The molecule has 1 aliphatic heterocycles. The number of ether oxygens (including phenoxy) is 1. The maximum atomic E-state index is 13.1. The highest BCUT2D eigenvalue weighted by Gasteiger charge is 2.31. The second kappa shape index (κ2) is 9.02. The van der Waals surface area contributed by atoms with Crippen molar-refractivity contribution in [3.8, 4) is 17.1 Å². The van der Waals surface area contributed by atoms with Crippen molar-refractivity contribution in [2.75, 3.05) is 25.1 Å². The Morgan fingerprint density at radius 2 is 1.97 bits per heavy atom. The highest BCUT2D eigenvalue weighted by Crippen LogP contribution is 2.31. The van der Waals surface area contributed by atoms with Crippen molar-refractivity contribution in [3.05, 3.63) is 59.7 Å². The second-order valence-corrected chi connectivity index (χ2v) is 8.57. The molecule has 1 amide bonds. The first-order chi connectivity index (χ1) is 15.7. The van der Waals surface area contributed by atoms with Crippen molar-refractivity contribution in [1.29, 1.82) is 0 Å². The summed E-state index contributed by atoms with van der Waals surface area (Å²) >= 11 is 0. The monoisotopic (exact) mass is 432 g/mol. The Hall–Kier alpha value is -3.35. The van der Waals surface area contributed by atoms with Gasteiger partial charge in [0.15, 0.2) is 0 Å². The van der Waals surface area contributed by atoms with Crippen molar-refractivity contribution >= 4 is 11.9 Å². The zero-order valence-electron chi connectivity index (χ0n) is 18.3. The Morgan fingerprint density at radius 3 is 2.81 bits per heavy atom. The van der Waals surface area contributed by atoms with Crippen LogP contribution in [0.2, 0.25) is 0 Å². The van der Waals surface area contributed by atoms with E-state index in [4.69, 9.17) is 9.26 Å². The van der Waals surface area contributed by atoms with Crippen molar-refractivity contribution in [3.63, 3.8) is 0 Å². The lowest BCUT2D eigenvalue weighted by molar-refractivity contribution is -0.126. The molecule has 0 saturated carbocycles. The Labute approximate surface area is 187 Å². The molecule has 2 heterocycles. The molecule has 2 atom stereocenters. The molecule has 2 aromatic carbocycles. The van der Waals surface area contributed by atoms with Gasteiger partial charge in [-0.1, -0.05) is 29.4 Å². The average molecular weight is 433 g/mol. The van der Waals surface area contributed by atoms with Crippen LogP contribution in [0, 0.1) is 5.92 Å². The van der Waals surface area contributed by atoms with E-state index >= 15 is 0 Å². The van der Waals surface area contributed by atoms with Gasteiger partial charge in [0.05, 0.1) is 19.1 Å². The van der Waals surface area contributed by atoms with Gasteiger partial charge in [-0.05, 0) is 67.5 Å². The maximum absolute atomic E-state index is 13.1. The summed E-state index contributed by atoms with van der Waals surface area (Å²) in [6.45, 7) is 1.39. The topological polar surface area (TPSA) is 80.5 Å². The second-order valence-electron chi connectivity index (χ2n) is 8.57. The fourth-order valence-corrected chi connectivity index (χ4v) is 4.76. The molecule has 0 bridgehead atoms. The van der Waals surface area contributed by atoms with Gasteiger partial charge >= 0.3 is 6.01 Å². The Kier molecular flexibility index (Phi) is 5.79. The SMILES string of the molecule is COc1ccc(-c2noc(N3CCC[C@@H](C(=O)N[C@@H]4CCCc5ccccc54)C3)n2)cc1. The van der Waals surface area contributed by atoms with E-state index in [0.29, 0.717) is 18.4 Å². The van der Waals surface area contributed by atoms with Crippen molar-refractivity contribution in [2.24, 2.45) is 5.92 Å². The first kappa shape index (κ1) is 20.5. The van der Waals surface area contributed by atoms with Gasteiger partial charge in [0, 0.05) is 18.7 Å². The summed E-state index contributed by atoms with van der Waals surface area (Å²) in [5.74, 6) is 1.34. The van der Waals surface area contributed by atoms with Gasteiger partial charge < -0.3 is 19.5 Å². The third-order valence-corrected chi connectivity index (χ3v) is 6.51. The number of benzene rings is 2. The Balaban J connectivity index is 1.25. The first-order valence-electron chi connectivity index (χ1n) is 11.3. The number of carbonyl (C=O) groups is 1.